The average molecular weight is 1520 g/mol. The van der Waals surface area contributed by atoms with Gasteiger partial charge in [-0.1, -0.05) is 371 Å². The molecule has 0 saturated heterocycles. The van der Waals surface area contributed by atoms with E-state index >= 15 is 0 Å². The number of para-hydroxylation sites is 3. The largest absolute Gasteiger partial charge is 0.310 e. The number of aromatic nitrogens is 1. The summed E-state index contributed by atoms with van der Waals surface area (Å²) in [4.78, 5) is 5.50. The van der Waals surface area contributed by atoms with E-state index in [1.165, 1.54) is 120 Å². The minimum absolute atomic E-state index is 0.0964. The summed E-state index contributed by atoms with van der Waals surface area (Å²) in [6, 6.07) is 130. The van der Waals surface area contributed by atoms with E-state index in [0.717, 1.165) is 95.4 Å². The van der Waals surface area contributed by atoms with Gasteiger partial charge in [0.15, 0.2) is 0 Å². The van der Waals surface area contributed by atoms with Crippen molar-refractivity contribution in [1.82, 2.24) is 4.57 Å². The Bertz CT molecular complexity index is 6550. The third kappa shape index (κ3) is 12.7. The molecule has 0 saturated carbocycles. The molecule has 3 nitrogen and oxygen atoms in total. The van der Waals surface area contributed by atoms with Gasteiger partial charge >= 0.3 is 0 Å². The predicted octanol–water partition coefficient (Wildman–Crippen LogP) is 30.0. The van der Waals surface area contributed by atoms with E-state index in [9.17, 15) is 0 Å². The lowest BCUT2D eigenvalue weighted by Gasteiger charge is -2.46. The molecule has 20 rings (SSSR count). The molecule has 0 N–H and O–H groups in total. The number of anilines is 6. The lowest BCUT2D eigenvalue weighted by atomic mass is 9.33. The number of hydrogen-bond donors (Lipinski definition) is 0. The summed E-state index contributed by atoms with van der Waals surface area (Å²) in [5, 5.41) is 12.0. The summed E-state index contributed by atoms with van der Waals surface area (Å²) in [6.45, 7) is 35.1. The van der Waals surface area contributed by atoms with E-state index in [0.29, 0.717) is 0 Å². The van der Waals surface area contributed by atoms with Gasteiger partial charge in [0.25, 0.3) is 6.71 Å². The maximum Gasteiger partial charge on any atom is 0.252 e. The van der Waals surface area contributed by atoms with Crippen molar-refractivity contribution in [2.75, 3.05) is 9.80 Å². The van der Waals surface area contributed by atoms with Crippen LogP contribution in [0.1, 0.15) is 132 Å². The highest BCUT2D eigenvalue weighted by Gasteiger charge is 2.46. The van der Waals surface area contributed by atoms with Crippen LogP contribution in [-0.2, 0) is 27.1 Å². The number of nitrogens with zero attached hydrogens (tertiary/aromatic N) is 3. The SMILES string of the molecule is CC(C)(C)c1cc(-c2ccc3c(c2)B2c4cc(-c5cc(C(C)(C)C)cc(C(C)(C)C)c5)ccc4N(c4c(-c5ccc6ccccc6c5)cccc4-c4ccc5ccccc5c4)c4cc(-n5c6ccccc6c6cc(C(C)(C)C)ccc65)cc(c42)N3c2c(-c3ccc4ccccc4c3)cccc2-c2ccc3ccccc3c2)cc(C(C)(C)C)c1. The van der Waals surface area contributed by atoms with E-state index < -0.39 is 0 Å². The lowest BCUT2D eigenvalue weighted by Crippen LogP contribution is -2.61. The van der Waals surface area contributed by atoms with E-state index in [1.54, 1.807) is 0 Å². The molecule has 574 valence electrons. The molecule has 2 aliphatic rings. The molecular formula is C114H100BN3. The lowest BCUT2D eigenvalue weighted by molar-refractivity contribution is 0.568. The van der Waals surface area contributed by atoms with E-state index in [4.69, 9.17) is 0 Å². The molecule has 0 unspecified atom stereocenters. The summed E-state index contributed by atoms with van der Waals surface area (Å²) in [6.07, 6.45) is 0. The molecule has 0 bridgehead atoms. The molecule has 3 heterocycles. The van der Waals surface area contributed by atoms with Gasteiger partial charge in [0.05, 0.1) is 28.1 Å². The Kier molecular flexibility index (Phi) is 17.2. The quantitative estimate of drug-likeness (QED) is 0.133. The van der Waals surface area contributed by atoms with Crippen LogP contribution >= 0.6 is 0 Å². The molecule has 118 heavy (non-hydrogen) atoms. The Morgan fingerprint density at radius 2 is 0.534 bits per heavy atom. The van der Waals surface area contributed by atoms with Crippen molar-refractivity contribution < 1.29 is 0 Å². The number of rotatable bonds is 9. The van der Waals surface area contributed by atoms with Gasteiger partial charge in [0, 0.05) is 55.8 Å². The van der Waals surface area contributed by atoms with E-state index in [1.807, 2.05) is 0 Å². The van der Waals surface area contributed by atoms with Crippen molar-refractivity contribution in [2.24, 2.45) is 0 Å². The Balaban J connectivity index is 0.999. The smallest absolute Gasteiger partial charge is 0.252 e. The molecule has 4 heteroatoms. The van der Waals surface area contributed by atoms with Gasteiger partial charge in [-0.15, -0.1) is 0 Å². The molecule has 0 spiro atoms. The second-order valence-corrected chi connectivity index (χ2v) is 38.6. The first-order chi connectivity index (χ1) is 56.6. The fourth-order valence-corrected chi connectivity index (χ4v) is 18.9. The van der Waals surface area contributed by atoms with Crippen molar-refractivity contribution in [1.29, 1.82) is 0 Å². The molecule has 0 amide bonds. The molecule has 0 aliphatic carbocycles. The molecule has 0 radical (unpaired) electrons. The Labute approximate surface area is 696 Å². The van der Waals surface area contributed by atoms with Gasteiger partial charge < -0.3 is 14.4 Å². The van der Waals surface area contributed by atoms with Gasteiger partial charge in [-0.05, 0) is 226 Å². The van der Waals surface area contributed by atoms with Crippen molar-refractivity contribution in [2.45, 2.75) is 131 Å². The molecular weight excluding hydrogens is 1420 g/mol. The topological polar surface area (TPSA) is 11.4 Å². The molecule has 1 aromatic heterocycles. The summed E-state index contributed by atoms with van der Waals surface area (Å²) >= 11 is 0. The minimum Gasteiger partial charge on any atom is -0.310 e. The van der Waals surface area contributed by atoms with Crippen LogP contribution in [0.4, 0.5) is 34.1 Å². The van der Waals surface area contributed by atoms with Crippen LogP contribution in [0.2, 0.25) is 0 Å². The Morgan fingerprint density at radius 3 is 0.890 bits per heavy atom. The summed E-state index contributed by atoms with van der Waals surface area (Å²) in [5.74, 6) is 0. The van der Waals surface area contributed by atoms with Crippen LogP contribution in [0.5, 0.6) is 0 Å². The first-order valence-electron chi connectivity index (χ1n) is 42.3. The number of hydrogen-bond acceptors (Lipinski definition) is 2. The molecule has 0 fully saturated rings. The summed E-state index contributed by atoms with van der Waals surface area (Å²) in [5.41, 5.74) is 33.6. The second-order valence-electron chi connectivity index (χ2n) is 38.6. The first kappa shape index (κ1) is 74.1. The fourth-order valence-electron chi connectivity index (χ4n) is 18.9. The highest BCUT2D eigenvalue weighted by Crippen LogP contribution is 2.56. The van der Waals surface area contributed by atoms with Gasteiger partial charge in [0.1, 0.15) is 0 Å². The maximum atomic E-state index is 2.75. The van der Waals surface area contributed by atoms with Gasteiger partial charge in [-0.3, -0.25) is 0 Å². The molecule has 17 aromatic carbocycles. The van der Waals surface area contributed by atoms with Gasteiger partial charge in [0.2, 0.25) is 0 Å². The zero-order chi connectivity index (χ0) is 81.2. The average Bonchev–Trinajstić information content (AvgIpc) is 0.983. The van der Waals surface area contributed by atoms with Crippen LogP contribution < -0.4 is 26.2 Å². The zero-order valence-corrected chi connectivity index (χ0v) is 70.7. The Morgan fingerprint density at radius 1 is 0.212 bits per heavy atom. The second kappa shape index (κ2) is 27.4. The Hall–Kier alpha value is -12.8. The summed E-state index contributed by atoms with van der Waals surface area (Å²) in [7, 11) is 0. The van der Waals surface area contributed by atoms with Crippen LogP contribution in [0.3, 0.4) is 0 Å². The van der Waals surface area contributed by atoms with E-state index in [2.05, 4.69) is 452 Å². The third-order valence-corrected chi connectivity index (χ3v) is 25.6. The van der Waals surface area contributed by atoms with Crippen LogP contribution in [0, 0.1) is 0 Å². The summed E-state index contributed by atoms with van der Waals surface area (Å²) < 4.78 is 2.60. The zero-order valence-electron chi connectivity index (χ0n) is 70.7. The molecule has 0 atom stereocenters. The number of benzene rings is 17. The van der Waals surface area contributed by atoms with Crippen LogP contribution in [0.15, 0.2) is 334 Å². The van der Waals surface area contributed by atoms with Crippen LogP contribution in [-0.4, -0.2) is 11.3 Å². The van der Waals surface area contributed by atoms with Crippen molar-refractivity contribution in [3.8, 4) is 72.4 Å². The maximum absolute atomic E-state index is 2.75. The number of fused-ring (bicyclic) bond motifs is 11. The molecule has 18 aromatic rings. The predicted molar refractivity (Wildman–Crippen MR) is 511 cm³/mol. The molecule has 2 aliphatic heterocycles. The van der Waals surface area contributed by atoms with Crippen molar-refractivity contribution in [3.63, 3.8) is 0 Å². The monoisotopic (exact) mass is 1520 g/mol. The fraction of sp³-hybridized carbons (Fsp3) is 0.175. The van der Waals surface area contributed by atoms with Crippen molar-refractivity contribution >= 4 is 122 Å². The highest BCUT2D eigenvalue weighted by molar-refractivity contribution is 7.00. The van der Waals surface area contributed by atoms with E-state index in [-0.39, 0.29) is 33.8 Å². The van der Waals surface area contributed by atoms with Crippen LogP contribution in [0.25, 0.3) is 137 Å². The minimum atomic E-state index is -0.335. The van der Waals surface area contributed by atoms with Gasteiger partial charge in [-0.2, -0.15) is 0 Å². The first-order valence-corrected chi connectivity index (χ1v) is 42.3. The standard InChI is InChI=1S/C114H100BN3/c1-110(2,3)87-52-55-102-98(68-87)97-36-24-25-41-101(97)116(102)92-69-105-107-106(70-92)118(109-95(83-48-44-73-30-18-22-34-77(73)58-83)39-27-40-96(109)84-49-45-74-31-19-23-35-78(74)59-84)104-54-51-80(86-62-90(113(10,11)12)67-91(63-86)114(13,14)15)65-100(104)115(107)99-64-79(85-60-88(111(4,5)6)66-89(61-85)112(7,8)9)50-53-103(99)117(105)108-93(81-46-42-71-28-16-20-32-75(71)56-81)37-26-38-94(108)82-47-43-72-29-17-21-33-76(72)57-82/h16-70H,1-15H3. The third-order valence-electron chi connectivity index (χ3n) is 25.6. The highest BCUT2D eigenvalue weighted by atomic mass is 15.2. The van der Waals surface area contributed by atoms with Crippen molar-refractivity contribution in [3.05, 3.63) is 361 Å². The normalized spacial score (nSPS) is 13.2. The van der Waals surface area contributed by atoms with Gasteiger partial charge in [-0.25, -0.2) is 0 Å².